The van der Waals surface area contributed by atoms with Crippen molar-refractivity contribution in [3.8, 4) is 0 Å². The molecule has 6 nitrogen and oxygen atoms in total. The molecule has 1 aromatic heterocycles. The second-order valence-corrected chi connectivity index (χ2v) is 9.65. The van der Waals surface area contributed by atoms with E-state index in [0.717, 1.165) is 23.7 Å². The van der Waals surface area contributed by atoms with Crippen LogP contribution in [0.25, 0.3) is 11.0 Å². The van der Waals surface area contributed by atoms with Gasteiger partial charge in [0.1, 0.15) is 4.90 Å². The molecular weight excluding hydrogens is 430 g/mol. The summed E-state index contributed by atoms with van der Waals surface area (Å²) in [5.41, 5.74) is 2.38. The lowest BCUT2D eigenvalue weighted by Crippen LogP contribution is -2.44. The molecule has 3 aromatic carbocycles. The van der Waals surface area contributed by atoms with Crippen molar-refractivity contribution in [1.82, 2.24) is 10.3 Å². The van der Waals surface area contributed by atoms with Gasteiger partial charge < -0.3 is 5.32 Å². The standard InChI is InChI=1S/C23H21N3O3S2/c27-22(24-16-15-18-9-3-1-4-10-18)17-30-23-25-20-13-7-8-14-21(20)26(23)31(28,29)19-11-5-2-6-12-19/h1-14H,15-17H2,(H,24,27)/p+1. The van der Waals surface area contributed by atoms with E-state index in [1.807, 2.05) is 42.5 Å². The Bertz CT molecular complexity index is 1290. The summed E-state index contributed by atoms with van der Waals surface area (Å²) in [6.45, 7) is 0.526. The Kier molecular flexibility index (Phi) is 6.39. The van der Waals surface area contributed by atoms with Crippen molar-refractivity contribution in [3.63, 3.8) is 0 Å². The number of thioether (sulfide) groups is 1. The van der Waals surface area contributed by atoms with Gasteiger partial charge in [0.05, 0.1) is 5.75 Å². The molecule has 1 heterocycles. The first-order valence-corrected chi connectivity index (χ1v) is 12.2. The van der Waals surface area contributed by atoms with Gasteiger partial charge in [0.15, 0.2) is 11.0 Å². The summed E-state index contributed by atoms with van der Waals surface area (Å²) in [5, 5.41) is 3.28. The van der Waals surface area contributed by atoms with E-state index in [2.05, 4.69) is 10.3 Å². The number of aromatic nitrogens is 2. The largest absolute Gasteiger partial charge is 0.355 e. The van der Waals surface area contributed by atoms with Gasteiger partial charge in [0.25, 0.3) is 0 Å². The normalized spacial score (nSPS) is 11.5. The number of aromatic amines is 1. The summed E-state index contributed by atoms with van der Waals surface area (Å²) in [5.74, 6) is -0.0467. The zero-order valence-corrected chi connectivity index (χ0v) is 18.3. The number of amides is 1. The molecule has 0 unspecified atom stereocenters. The minimum Gasteiger partial charge on any atom is -0.355 e. The van der Waals surface area contributed by atoms with E-state index in [4.69, 9.17) is 0 Å². The van der Waals surface area contributed by atoms with Crippen LogP contribution in [-0.2, 0) is 21.2 Å². The molecule has 0 radical (unpaired) electrons. The highest BCUT2D eigenvalue weighted by atomic mass is 32.2. The van der Waals surface area contributed by atoms with Crippen LogP contribution >= 0.6 is 11.8 Å². The van der Waals surface area contributed by atoms with E-state index in [0.29, 0.717) is 22.7 Å². The number of carbonyl (C=O) groups is 1. The number of carbonyl (C=O) groups excluding carboxylic acids is 1. The maximum absolute atomic E-state index is 13.3. The fourth-order valence-corrected chi connectivity index (χ4v) is 5.85. The molecule has 31 heavy (non-hydrogen) atoms. The second-order valence-electron chi connectivity index (χ2n) is 6.90. The van der Waals surface area contributed by atoms with Gasteiger partial charge in [-0.25, -0.2) is 4.98 Å². The molecule has 0 aliphatic heterocycles. The number of rotatable bonds is 8. The first-order chi connectivity index (χ1) is 15.1. The van der Waals surface area contributed by atoms with E-state index in [1.165, 1.54) is 3.97 Å². The van der Waals surface area contributed by atoms with E-state index in [1.54, 1.807) is 42.5 Å². The molecule has 4 rings (SSSR count). The molecule has 158 valence electrons. The smallest absolute Gasteiger partial charge is 0.336 e. The van der Waals surface area contributed by atoms with Gasteiger partial charge in [0, 0.05) is 6.54 Å². The van der Waals surface area contributed by atoms with Gasteiger partial charge in [-0.05, 0) is 48.0 Å². The number of H-pyrrole nitrogens is 1. The van der Waals surface area contributed by atoms with Gasteiger partial charge in [0.2, 0.25) is 5.91 Å². The fourth-order valence-electron chi connectivity index (χ4n) is 3.24. The average Bonchev–Trinajstić information content (AvgIpc) is 3.18. The Balaban J connectivity index is 1.51. The van der Waals surface area contributed by atoms with Crippen LogP contribution < -0.4 is 9.29 Å². The number of benzene rings is 3. The monoisotopic (exact) mass is 452 g/mol. The summed E-state index contributed by atoms with van der Waals surface area (Å²) in [6, 6.07) is 25.4. The van der Waals surface area contributed by atoms with Crippen LogP contribution in [0.2, 0.25) is 0 Å². The number of fused-ring (bicyclic) bond motifs is 1. The molecule has 0 aliphatic carbocycles. The maximum Gasteiger partial charge on any atom is 0.336 e. The second kappa shape index (κ2) is 9.36. The lowest BCUT2D eigenvalue weighted by molar-refractivity contribution is -0.526. The molecule has 0 bridgehead atoms. The number of para-hydroxylation sites is 2. The lowest BCUT2D eigenvalue weighted by atomic mass is 10.1. The van der Waals surface area contributed by atoms with Crippen LogP contribution in [0.15, 0.2) is 95.0 Å². The van der Waals surface area contributed by atoms with Gasteiger partial charge in [-0.2, -0.15) is 8.42 Å². The third kappa shape index (κ3) is 4.81. The highest BCUT2D eigenvalue weighted by Crippen LogP contribution is 2.21. The number of imidazole rings is 1. The van der Waals surface area contributed by atoms with Crippen molar-refractivity contribution in [1.29, 1.82) is 0 Å². The first-order valence-electron chi connectivity index (χ1n) is 9.82. The minimum atomic E-state index is -3.82. The third-order valence-corrected chi connectivity index (χ3v) is 7.56. The number of hydrogen-bond donors (Lipinski definition) is 2. The average molecular weight is 453 g/mol. The van der Waals surface area contributed by atoms with E-state index >= 15 is 0 Å². The fraction of sp³-hybridized carbons (Fsp3) is 0.130. The molecule has 4 aromatic rings. The predicted octanol–water partition coefficient (Wildman–Crippen LogP) is 3.14. The maximum atomic E-state index is 13.3. The number of nitrogens with one attached hydrogen (secondary N) is 2. The molecule has 0 saturated carbocycles. The summed E-state index contributed by atoms with van der Waals surface area (Å²) >= 11 is 1.16. The van der Waals surface area contributed by atoms with Gasteiger partial charge in [-0.1, -0.05) is 60.7 Å². The predicted molar refractivity (Wildman–Crippen MR) is 121 cm³/mol. The summed E-state index contributed by atoms with van der Waals surface area (Å²) in [6.07, 6.45) is 0.742. The Morgan fingerprint density at radius 2 is 1.55 bits per heavy atom. The molecule has 0 aliphatic rings. The van der Waals surface area contributed by atoms with Gasteiger partial charge >= 0.3 is 15.2 Å². The summed E-state index contributed by atoms with van der Waals surface area (Å²) in [7, 11) is -3.82. The van der Waals surface area contributed by atoms with Crippen LogP contribution in [0, 0.1) is 0 Å². The Hall–Kier alpha value is -3.10. The number of hydrogen-bond acceptors (Lipinski definition) is 4. The first kappa shape index (κ1) is 21.1. The highest BCUT2D eigenvalue weighted by Gasteiger charge is 2.31. The van der Waals surface area contributed by atoms with Crippen LogP contribution in [0.5, 0.6) is 0 Å². The quantitative estimate of drug-likeness (QED) is 0.318. The molecule has 0 saturated heterocycles. The van der Waals surface area contributed by atoms with Crippen LogP contribution in [0.4, 0.5) is 0 Å². The Morgan fingerprint density at radius 1 is 0.903 bits per heavy atom. The SMILES string of the molecule is O=C(CSc1[nH]c2ccccc2[n+]1S(=O)(=O)c1ccccc1)NCCc1ccccc1. The van der Waals surface area contributed by atoms with Crippen molar-refractivity contribution >= 4 is 38.7 Å². The van der Waals surface area contributed by atoms with Crippen LogP contribution in [0.1, 0.15) is 5.56 Å². The van der Waals surface area contributed by atoms with Crippen molar-refractivity contribution in [2.45, 2.75) is 16.5 Å². The molecule has 0 spiro atoms. The Morgan fingerprint density at radius 3 is 2.29 bits per heavy atom. The van der Waals surface area contributed by atoms with Gasteiger partial charge in [-0.3, -0.25) is 4.79 Å². The van der Waals surface area contributed by atoms with Crippen molar-refractivity contribution in [2.75, 3.05) is 12.3 Å². The highest BCUT2D eigenvalue weighted by molar-refractivity contribution is 8.00. The Labute approximate surface area is 185 Å². The molecule has 2 N–H and O–H groups in total. The summed E-state index contributed by atoms with van der Waals surface area (Å²) < 4.78 is 27.9. The minimum absolute atomic E-state index is 0.103. The lowest BCUT2D eigenvalue weighted by Gasteiger charge is -2.05. The van der Waals surface area contributed by atoms with Crippen LogP contribution in [-0.4, -0.2) is 31.6 Å². The van der Waals surface area contributed by atoms with Crippen LogP contribution in [0.3, 0.4) is 0 Å². The zero-order chi connectivity index (χ0) is 21.7. The van der Waals surface area contributed by atoms with Crippen molar-refractivity contribution < 1.29 is 17.2 Å². The van der Waals surface area contributed by atoms with Gasteiger partial charge in [-0.15, -0.1) is 3.97 Å². The molecule has 0 atom stereocenters. The molecule has 0 fully saturated rings. The number of nitrogens with zero attached hydrogens (tertiary/aromatic N) is 1. The zero-order valence-electron chi connectivity index (χ0n) is 16.7. The van der Waals surface area contributed by atoms with E-state index in [-0.39, 0.29) is 16.6 Å². The third-order valence-electron chi connectivity index (χ3n) is 4.75. The molecular formula is C23H22N3O3S2+. The summed E-state index contributed by atoms with van der Waals surface area (Å²) in [4.78, 5) is 15.7. The van der Waals surface area contributed by atoms with E-state index < -0.39 is 10.0 Å². The molecule has 1 amide bonds. The topological polar surface area (TPSA) is 82.9 Å². The van der Waals surface area contributed by atoms with E-state index in [9.17, 15) is 13.2 Å². The molecule has 8 heteroatoms. The van der Waals surface area contributed by atoms with Crippen molar-refractivity contribution in [2.24, 2.45) is 0 Å². The van der Waals surface area contributed by atoms with Crippen molar-refractivity contribution in [3.05, 3.63) is 90.5 Å².